The molecule has 0 radical (unpaired) electrons. The third-order valence-electron chi connectivity index (χ3n) is 2.09. The fraction of sp³-hybridized carbons (Fsp3) is 0.273. The molecule has 3 N–H and O–H groups in total. The average molecular weight is 286 g/mol. The van der Waals surface area contributed by atoms with Crippen LogP contribution in [0.15, 0.2) is 18.2 Å². The minimum atomic E-state index is -0.242. The van der Waals surface area contributed by atoms with Crippen LogP contribution in [0.4, 0.5) is 5.13 Å². The Hall–Kier alpha value is -1.21. The number of halogens is 1. The smallest absolute Gasteiger partial charge is 0.252 e. The van der Waals surface area contributed by atoms with E-state index in [-0.39, 0.29) is 12.5 Å². The molecule has 1 aromatic heterocycles. The van der Waals surface area contributed by atoms with Gasteiger partial charge in [0.2, 0.25) is 0 Å². The van der Waals surface area contributed by atoms with Crippen molar-refractivity contribution in [2.75, 3.05) is 25.1 Å². The zero-order valence-corrected chi connectivity index (χ0v) is 11.1. The van der Waals surface area contributed by atoms with E-state index in [0.717, 1.165) is 10.2 Å². The molecule has 2 rings (SSSR count). The molecule has 0 aliphatic rings. The minimum absolute atomic E-state index is 0.0200. The number of thiazole rings is 1. The fourth-order valence-electron chi connectivity index (χ4n) is 1.36. The van der Waals surface area contributed by atoms with Gasteiger partial charge < -0.3 is 10.5 Å². The van der Waals surface area contributed by atoms with E-state index in [1.165, 1.54) is 11.3 Å². The maximum Gasteiger partial charge on any atom is 0.252 e. The summed E-state index contributed by atoms with van der Waals surface area (Å²) < 4.78 is 5.96. The van der Waals surface area contributed by atoms with Crippen molar-refractivity contribution in [3.8, 4) is 0 Å². The molecule has 0 fully saturated rings. The third kappa shape index (κ3) is 3.39. The number of anilines is 1. The number of rotatable bonds is 5. The maximum absolute atomic E-state index is 11.5. The van der Waals surface area contributed by atoms with Crippen molar-refractivity contribution in [1.29, 1.82) is 0 Å². The van der Waals surface area contributed by atoms with Crippen LogP contribution in [0.3, 0.4) is 0 Å². The number of nitrogens with two attached hydrogens (primary N) is 1. The number of fused-ring (bicyclic) bond motifs is 1. The van der Waals surface area contributed by atoms with E-state index < -0.39 is 0 Å². The van der Waals surface area contributed by atoms with Gasteiger partial charge in [0.05, 0.1) is 16.8 Å². The van der Waals surface area contributed by atoms with Crippen LogP contribution in [0, 0.1) is 0 Å². The molecule has 0 spiro atoms. The third-order valence-corrected chi connectivity index (χ3v) is 3.26. The van der Waals surface area contributed by atoms with Crippen LogP contribution in [0.5, 0.6) is 0 Å². The molecular formula is C11H12ClN3O2S. The number of ether oxygens (including phenoxy) is 1. The molecule has 0 aliphatic carbocycles. The van der Waals surface area contributed by atoms with Crippen molar-refractivity contribution < 1.29 is 9.53 Å². The molecule has 7 heteroatoms. The van der Waals surface area contributed by atoms with Crippen molar-refractivity contribution in [3.05, 3.63) is 23.2 Å². The van der Waals surface area contributed by atoms with Crippen LogP contribution in [-0.2, 0) is 9.53 Å². The van der Waals surface area contributed by atoms with E-state index in [0.29, 0.717) is 23.3 Å². The van der Waals surface area contributed by atoms with Crippen LogP contribution >= 0.6 is 22.9 Å². The summed E-state index contributed by atoms with van der Waals surface area (Å²) in [4.78, 5) is 15.8. The lowest BCUT2D eigenvalue weighted by molar-refractivity contribution is -0.120. The van der Waals surface area contributed by atoms with E-state index >= 15 is 0 Å². The number of nitrogens with one attached hydrogen (secondary N) is 1. The molecule has 0 saturated heterocycles. The Labute approximate surface area is 113 Å². The number of hydrogen-bond acceptors (Lipinski definition) is 5. The number of amides is 1. The van der Waals surface area contributed by atoms with Crippen LogP contribution in [-0.4, -0.2) is 30.6 Å². The van der Waals surface area contributed by atoms with Gasteiger partial charge in [-0.1, -0.05) is 22.9 Å². The van der Waals surface area contributed by atoms with Gasteiger partial charge >= 0.3 is 0 Å². The quantitative estimate of drug-likeness (QED) is 0.822. The van der Waals surface area contributed by atoms with E-state index in [9.17, 15) is 4.79 Å². The molecule has 18 heavy (non-hydrogen) atoms. The SMILES string of the molecule is NCCOCC(=O)Nc1nc2ccc(Cl)cc2s1. The number of aromatic nitrogens is 1. The summed E-state index contributed by atoms with van der Waals surface area (Å²) in [6, 6.07) is 5.39. The molecule has 1 amide bonds. The largest absolute Gasteiger partial charge is 0.370 e. The zero-order valence-electron chi connectivity index (χ0n) is 9.48. The van der Waals surface area contributed by atoms with Crippen molar-refractivity contribution in [2.45, 2.75) is 0 Å². The van der Waals surface area contributed by atoms with E-state index in [1.54, 1.807) is 6.07 Å². The van der Waals surface area contributed by atoms with Crippen molar-refractivity contribution in [1.82, 2.24) is 4.98 Å². The molecule has 5 nitrogen and oxygen atoms in total. The maximum atomic E-state index is 11.5. The van der Waals surface area contributed by atoms with Gasteiger partial charge in [-0.25, -0.2) is 4.98 Å². The van der Waals surface area contributed by atoms with Crippen LogP contribution < -0.4 is 11.1 Å². The van der Waals surface area contributed by atoms with Crippen LogP contribution in [0.1, 0.15) is 0 Å². The number of benzene rings is 1. The molecule has 0 saturated carbocycles. The minimum Gasteiger partial charge on any atom is -0.370 e. The predicted molar refractivity (Wildman–Crippen MR) is 73.1 cm³/mol. The first-order chi connectivity index (χ1) is 8.69. The van der Waals surface area contributed by atoms with Gasteiger partial charge in [-0.15, -0.1) is 0 Å². The summed E-state index contributed by atoms with van der Waals surface area (Å²) in [6.45, 7) is 0.740. The molecule has 0 atom stereocenters. The Morgan fingerprint density at radius 2 is 2.39 bits per heavy atom. The van der Waals surface area contributed by atoms with Crippen LogP contribution in [0.2, 0.25) is 5.02 Å². The van der Waals surface area contributed by atoms with Gasteiger partial charge in [-0.05, 0) is 18.2 Å². The highest BCUT2D eigenvalue weighted by Crippen LogP contribution is 2.28. The number of nitrogens with zero attached hydrogens (tertiary/aromatic N) is 1. The first kappa shape index (κ1) is 13.2. The summed E-state index contributed by atoms with van der Waals surface area (Å²) in [5, 5.41) is 3.85. The molecule has 1 aromatic carbocycles. The lowest BCUT2D eigenvalue weighted by atomic mass is 10.3. The molecule has 0 bridgehead atoms. The fourth-order valence-corrected chi connectivity index (χ4v) is 2.51. The number of carbonyl (C=O) groups is 1. The monoisotopic (exact) mass is 285 g/mol. The molecule has 96 valence electrons. The standard InChI is InChI=1S/C11H12ClN3O2S/c12-7-1-2-8-9(5-7)18-11(14-8)15-10(16)6-17-4-3-13/h1-2,5H,3-4,6,13H2,(H,14,15,16). The molecule has 1 heterocycles. The second-order valence-corrected chi connectivity index (χ2v) is 4.99. The first-order valence-electron chi connectivity index (χ1n) is 5.33. The van der Waals surface area contributed by atoms with Gasteiger partial charge in [-0.3, -0.25) is 10.1 Å². The summed E-state index contributed by atoms with van der Waals surface area (Å²) in [6.07, 6.45) is 0. The molecule has 0 unspecified atom stereocenters. The van der Waals surface area contributed by atoms with E-state index in [2.05, 4.69) is 10.3 Å². The lowest BCUT2D eigenvalue weighted by Gasteiger charge is -2.01. The van der Waals surface area contributed by atoms with E-state index in [1.807, 2.05) is 12.1 Å². The Morgan fingerprint density at radius 1 is 1.56 bits per heavy atom. The Bertz CT molecular complexity index is 558. The summed E-state index contributed by atoms with van der Waals surface area (Å²) >= 11 is 7.25. The average Bonchev–Trinajstić information content (AvgIpc) is 2.70. The van der Waals surface area contributed by atoms with Gasteiger partial charge in [0, 0.05) is 11.6 Å². The second-order valence-electron chi connectivity index (χ2n) is 3.52. The molecule has 0 aliphatic heterocycles. The number of carbonyl (C=O) groups excluding carboxylic acids is 1. The second kappa shape index (κ2) is 6.10. The Morgan fingerprint density at radius 3 is 3.17 bits per heavy atom. The molecule has 2 aromatic rings. The lowest BCUT2D eigenvalue weighted by Crippen LogP contribution is -2.20. The highest BCUT2D eigenvalue weighted by Gasteiger charge is 2.08. The van der Waals surface area contributed by atoms with Crippen molar-refractivity contribution in [3.63, 3.8) is 0 Å². The Balaban J connectivity index is 2.01. The summed E-state index contributed by atoms with van der Waals surface area (Å²) in [7, 11) is 0. The highest BCUT2D eigenvalue weighted by molar-refractivity contribution is 7.22. The highest BCUT2D eigenvalue weighted by atomic mass is 35.5. The van der Waals surface area contributed by atoms with Gasteiger partial charge in [0.25, 0.3) is 5.91 Å². The van der Waals surface area contributed by atoms with Gasteiger partial charge in [0.15, 0.2) is 5.13 Å². The normalized spacial score (nSPS) is 10.8. The predicted octanol–water partition coefficient (Wildman–Crippen LogP) is 1.86. The summed E-state index contributed by atoms with van der Waals surface area (Å²) in [5.41, 5.74) is 6.06. The van der Waals surface area contributed by atoms with E-state index in [4.69, 9.17) is 22.1 Å². The number of hydrogen-bond donors (Lipinski definition) is 2. The van der Waals surface area contributed by atoms with Gasteiger partial charge in [0.1, 0.15) is 6.61 Å². The van der Waals surface area contributed by atoms with Gasteiger partial charge in [-0.2, -0.15) is 0 Å². The van der Waals surface area contributed by atoms with Crippen LogP contribution in [0.25, 0.3) is 10.2 Å². The topological polar surface area (TPSA) is 77.2 Å². The summed E-state index contributed by atoms with van der Waals surface area (Å²) in [5.74, 6) is -0.242. The zero-order chi connectivity index (χ0) is 13.0. The Kier molecular flexibility index (Phi) is 4.48. The van der Waals surface area contributed by atoms with Crippen molar-refractivity contribution >= 4 is 44.2 Å². The van der Waals surface area contributed by atoms with Crippen molar-refractivity contribution in [2.24, 2.45) is 5.73 Å². The first-order valence-corrected chi connectivity index (χ1v) is 6.52. The molecular weight excluding hydrogens is 274 g/mol.